The Morgan fingerprint density at radius 1 is 0.375 bits per heavy atom. The smallest absolute Gasteiger partial charge is 0.143 e. The van der Waals surface area contributed by atoms with Crippen LogP contribution in [0.5, 0.6) is 0 Å². The predicted octanol–water partition coefficient (Wildman–Crippen LogP) is 16.7. The van der Waals surface area contributed by atoms with Crippen molar-refractivity contribution >= 4 is 60.9 Å². The minimum absolute atomic E-state index is 0.0158. The maximum atomic E-state index is 9.81. The molecule has 64 heavy (non-hydrogen) atoms. The Balaban J connectivity index is 0.998. The van der Waals surface area contributed by atoms with E-state index in [4.69, 9.17) is 12.9 Å². The summed E-state index contributed by atoms with van der Waals surface area (Å²) in [6.07, 6.45) is 0. The quantitative estimate of drug-likeness (QED) is 0.160. The van der Waals surface area contributed by atoms with E-state index < -0.39 is 23.5 Å². The Bertz CT molecular complexity index is 4350. The van der Waals surface area contributed by atoms with Gasteiger partial charge in [0.2, 0.25) is 0 Å². The number of hydrogen-bond acceptors (Lipinski definition) is 3. The average molecular weight is 829 g/mol. The van der Waals surface area contributed by atoms with Crippen molar-refractivity contribution in [3.05, 3.63) is 259 Å². The van der Waals surface area contributed by atoms with Gasteiger partial charge in [0, 0.05) is 50.2 Å². The van der Waals surface area contributed by atoms with Gasteiger partial charge in [0.05, 0.1) is 20.5 Å². The van der Waals surface area contributed by atoms with Crippen molar-refractivity contribution < 1.29 is 23.9 Å². The fraction of sp³-hybridized carbons (Fsp3) is 0.0164. The average Bonchev–Trinajstić information content (AvgIpc) is 4.23. The first-order chi connectivity index (χ1) is 36.3. The lowest BCUT2D eigenvalue weighted by molar-refractivity contribution is 0.669. The topological polar surface area (TPSA) is 29.5 Å². The Kier molecular flexibility index (Phi) is 6.01. The van der Waals surface area contributed by atoms with Gasteiger partial charge in [-0.15, -0.1) is 0 Å². The van der Waals surface area contributed by atoms with Crippen LogP contribution < -0.4 is 4.90 Å². The molecule has 0 bridgehead atoms. The molecule has 0 spiro atoms. The highest BCUT2D eigenvalue weighted by molar-refractivity contribution is 6.10. The lowest BCUT2D eigenvalue weighted by atomic mass is 9.67. The van der Waals surface area contributed by atoms with Crippen molar-refractivity contribution in [3.63, 3.8) is 0 Å². The molecular formula is C61H39NO2. The Morgan fingerprint density at radius 2 is 1.03 bits per heavy atom. The van der Waals surface area contributed by atoms with Gasteiger partial charge in [-0.2, -0.15) is 0 Å². The molecule has 0 saturated carbocycles. The van der Waals surface area contributed by atoms with Crippen LogP contribution in [0.25, 0.3) is 77.3 Å². The van der Waals surface area contributed by atoms with E-state index in [0.29, 0.717) is 39.2 Å². The van der Waals surface area contributed by atoms with Crippen molar-refractivity contribution in [2.24, 2.45) is 0 Å². The zero-order valence-corrected chi connectivity index (χ0v) is 33.9. The molecule has 2 aromatic heterocycles. The molecular weight excluding hydrogens is 779 g/mol. The molecule has 0 radical (unpaired) electrons. The van der Waals surface area contributed by atoms with E-state index >= 15 is 0 Å². The molecule has 12 aromatic rings. The fourth-order valence-electron chi connectivity index (χ4n) is 9.67. The fourth-order valence-corrected chi connectivity index (χ4v) is 9.67. The summed E-state index contributed by atoms with van der Waals surface area (Å²) in [7, 11) is 0. The molecule has 1 unspecified atom stereocenters. The van der Waals surface area contributed by atoms with E-state index in [1.807, 2.05) is 158 Å². The minimum Gasteiger partial charge on any atom is -0.456 e. The standard InChI is InChI=1S/C61H39NO2/c1-4-15-43(16-5-1)61(44-17-6-2-7-18-44)55-25-12-10-21-49(55)50-34-29-41(37-56(50)61)42-30-35-52-53-36-33-47(39-59(53)63-58(52)38-42)62(45-19-8-3-9-20-45)46-31-27-40(28-32-46)48-23-14-24-54-51-22-11-13-26-57(51)64-60(48)54/h1-39H/i1D,4D,5D,15D,16D,30D,33D,35D,36D,38D,39D. The van der Waals surface area contributed by atoms with Gasteiger partial charge >= 0.3 is 0 Å². The zero-order chi connectivity index (χ0) is 51.8. The molecule has 1 aliphatic rings. The number of anilines is 3. The van der Waals surface area contributed by atoms with Crippen LogP contribution in [0.4, 0.5) is 17.1 Å². The van der Waals surface area contributed by atoms with Crippen LogP contribution in [-0.2, 0) is 5.41 Å². The molecule has 10 aromatic carbocycles. The summed E-state index contributed by atoms with van der Waals surface area (Å²) in [5.41, 5.74) is 6.54. The lowest BCUT2D eigenvalue weighted by Crippen LogP contribution is -2.28. The number of hydrogen-bond donors (Lipinski definition) is 0. The number of furan rings is 2. The second-order valence-corrected chi connectivity index (χ2v) is 15.9. The third-order valence-electron chi connectivity index (χ3n) is 12.5. The van der Waals surface area contributed by atoms with Crippen molar-refractivity contribution in [2.75, 3.05) is 4.90 Å². The van der Waals surface area contributed by atoms with E-state index in [1.165, 1.54) is 0 Å². The molecule has 0 N–H and O–H groups in total. The number of nitrogens with zero attached hydrogens (tertiary/aromatic N) is 1. The molecule has 13 rings (SSSR count). The van der Waals surface area contributed by atoms with E-state index in [-0.39, 0.29) is 87.1 Å². The summed E-state index contributed by atoms with van der Waals surface area (Å²) in [6.45, 7) is 0. The SMILES string of the molecule is [2H]c1c([2H])c([2H])c(C2(c3ccccc3)c3ccccc3-c3ccc(-c4c([2H])c([2H])c5c(oc6c([2H])c(N(c7ccccc7)c7ccc(-c8cccc9c8oc8ccccc89)cc7)c([2H])c([2H])c65)c4[2H])cc32)c([2H])c1[2H]. The monoisotopic (exact) mass is 828 g/mol. The molecule has 1 aliphatic carbocycles. The summed E-state index contributed by atoms with van der Waals surface area (Å²) >= 11 is 0. The van der Waals surface area contributed by atoms with Crippen LogP contribution in [0, 0.1) is 0 Å². The Hall–Kier alpha value is -8.40. The Labute approximate surface area is 386 Å². The maximum absolute atomic E-state index is 9.81. The van der Waals surface area contributed by atoms with Crippen LogP contribution in [0.1, 0.15) is 37.3 Å². The van der Waals surface area contributed by atoms with Gasteiger partial charge in [0.25, 0.3) is 0 Å². The highest BCUT2D eigenvalue weighted by atomic mass is 16.3. The highest BCUT2D eigenvalue weighted by Crippen LogP contribution is 2.57. The van der Waals surface area contributed by atoms with Crippen molar-refractivity contribution in [2.45, 2.75) is 5.41 Å². The van der Waals surface area contributed by atoms with E-state index in [9.17, 15) is 11.0 Å². The van der Waals surface area contributed by atoms with Crippen LogP contribution >= 0.6 is 0 Å². The minimum atomic E-state index is -1.47. The van der Waals surface area contributed by atoms with E-state index in [0.717, 1.165) is 38.6 Å². The number of rotatable bonds is 7. The van der Waals surface area contributed by atoms with Crippen LogP contribution in [0.3, 0.4) is 0 Å². The second kappa shape index (κ2) is 14.3. The number of fused-ring (bicyclic) bond motifs is 9. The summed E-state index contributed by atoms with van der Waals surface area (Å²) in [4.78, 5) is 1.72. The highest BCUT2D eigenvalue weighted by Gasteiger charge is 2.46. The first kappa shape index (κ1) is 26.8. The molecule has 0 amide bonds. The zero-order valence-electron chi connectivity index (χ0n) is 44.9. The van der Waals surface area contributed by atoms with E-state index in [1.54, 1.807) is 17.0 Å². The molecule has 3 nitrogen and oxygen atoms in total. The summed E-state index contributed by atoms with van der Waals surface area (Å²) in [6, 6.07) is 48.8. The lowest BCUT2D eigenvalue weighted by Gasteiger charge is -2.34. The maximum Gasteiger partial charge on any atom is 0.143 e. The van der Waals surface area contributed by atoms with Gasteiger partial charge in [-0.1, -0.05) is 170 Å². The summed E-state index contributed by atoms with van der Waals surface area (Å²) in [5.74, 6) is 0. The molecule has 0 saturated heterocycles. The van der Waals surface area contributed by atoms with Crippen molar-refractivity contribution in [1.29, 1.82) is 0 Å². The molecule has 3 heteroatoms. The third-order valence-corrected chi connectivity index (χ3v) is 12.5. The van der Waals surface area contributed by atoms with Gasteiger partial charge in [-0.3, -0.25) is 0 Å². The third kappa shape index (κ3) is 5.47. The molecule has 0 fully saturated rings. The molecule has 2 heterocycles. The largest absolute Gasteiger partial charge is 0.456 e. The first-order valence-electron chi connectivity index (χ1n) is 26.5. The Morgan fingerprint density at radius 3 is 1.88 bits per heavy atom. The van der Waals surface area contributed by atoms with Gasteiger partial charge in [0.1, 0.15) is 22.3 Å². The van der Waals surface area contributed by atoms with Gasteiger partial charge < -0.3 is 13.7 Å². The van der Waals surface area contributed by atoms with Gasteiger partial charge in [0.15, 0.2) is 0 Å². The van der Waals surface area contributed by atoms with Crippen molar-refractivity contribution in [1.82, 2.24) is 0 Å². The summed E-state index contributed by atoms with van der Waals surface area (Å²) in [5, 5.41) is 1.94. The number of para-hydroxylation sites is 3. The number of benzene rings is 10. The van der Waals surface area contributed by atoms with Gasteiger partial charge in [-0.25, -0.2) is 0 Å². The first-order valence-corrected chi connectivity index (χ1v) is 21.0. The normalized spacial score (nSPS) is 16.7. The predicted molar refractivity (Wildman–Crippen MR) is 264 cm³/mol. The molecule has 300 valence electrons. The van der Waals surface area contributed by atoms with Crippen LogP contribution in [0.2, 0.25) is 0 Å². The summed E-state index contributed by atoms with van der Waals surface area (Å²) < 4.78 is 116. The second-order valence-electron chi connectivity index (χ2n) is 15.9. The van der Waals surface area contributed by atoms with Crippen molar-refractivity contribution in [3.8, 4) is 33.4 Å². The van der Waals surface area contributed by atoms with Crippen LogP contribution in [0.15, 0.2) is 245 Å². The van der Waals surface area contributed by atoms with E-state index in [2.05, 4.69) is 0 Å². The molecule has 0 aliphatic heterocycles. The van der Waals surface area contributed by atoms with Crippen LogP contribution in [-0.4, -0.2) is 0 Å². The van der Waals surface area contributed by atoms with Gasteiger partial charge in [-0.05, 0) is 111 Å². The molecule has 1 atom stereocenters.